The Morgan fingerprint density at radius 2 is 1.65 bits per heavy atom. The average molecular weight is 500 g/mol. The number of nitrogens with one attached hydrogen (secondary N) is 1. The van der Waals surface area contributed by atoms with E-state index in [-0.39, 0.29) is 15.8 Å². The third-order valence-electron chi connectivity index (χ3n) is 5.64. The minimum atomic E-state index is -3.39. The topological polar surface area (TPSA) is 95.5 Å². The number of anilines is 3. The summed E-state index contributed by atoms with van der Waals surface area (Å²) < 4.78 is 23.5. The standard InChI is InChI=1S/C24H26ClN5O3S/c1-16-4-6-18(7-5-16)28-22-15-23(27-17(2)26-22)29-10-12-30(13-11-29)24(31)20-9-8-19(14-21(20)25)34(3,32)33/h4-9,14-15H,10-13H2,1-3H3,(H,26,27,28). The summed E-state index contributed by atoms with van der Waals surface area (Å²) in [5, 5.41) is 3.45. The first kappa shape index (κ1) is 24.0. The van der Waals surface area contributed by atoms with E-state index >= 15 is 0 Å². The Morgan fingerprint density at radius 3 is 2.26 bits per heavy atom. The van der Waals surface area contributed by atoms with E-state index in [0.29, 0.717) is 43.4 Å². The Bertz CT molecular complexity index is 1320. The van der Waals surface area contributed by atoms with E-state index in [0.717, 1.165) is 17.8 Å². The SMILES string of the molecule is Cc1ccc(Nc2cc(N3CCN(C(=O)c4ccc(S(C)(=O)=O)cc4Cl)CC3)nc(C)n2)cc1. The van der Waals surface area contributed by atoms with Crippen LogP contribution in [0.5, 0.6) is 0 Å². The first-order valence-electron chi connectivity index (χ1n) is 10.8. The fraction of sp³-hybridized carbons (Fsp3) is 0.292. The van der Waals surface area contributed by atoms with Gasteiger partial charge in [0.2, 0.25) is 0 Å². The lowest BCUT2D eigenvalue weighted by Gasteiger charge is -2.35. The molecule has 2 heterocycles. The van der Waals surface area contributed by atoms with Gasteiger partial charge < -0.3 is 15.1 Å². The van der Waals surface area contributed by atoms with Crippen molar-refractivity contribution < 1.29 is 13.2 Å². The van der Waals surface area contributed by atoms with Gasteiger partial charge in [-0.15, -0.1) is 0 Å². The Balaban J connectivity index is 1.44. The van der Waals surface area contributed by atoms with Crippen LogP contribution in [0.25, 0.3) is 0 Å². The number of carbonyl (C=O) groups excluding carboxylic acids is 1. The van der Waals surface area contributed by atoms with Crippen molar-refractivity contribution in [2.24, 2.45) is 0 Å². The number of benzene rings is 2. The summed E-state index contributed by atoms with van der Waals surface area (Å²) in [7, 11) is -3.39. The lowest BCUT2D eigenvalue weighted by atomic mass is 10.1. The van der Waals surface area contributed by atoms with Gasteiger partial charge in [-0.05, 0) is 44.2 Å². The molecule has 1 amide bonds. The van der Waals surface area contributed by atoms with Gasteiger partial charge in [0.05, 0.1) is 15.5 Å². The zero-order valence-corrected chi connectivity index (χ0v) is 20.8. The largest absolute Gasteiger partial charge is 0.353 e. The van der Waals surface area contributed by atoms with Crippen molar-refractivity contribution in [2.45, 2.75) is 18.7 Å². The van der Waals surface area contributed by atoms with Gasteiger partial charge in [-0.2, -0.15) is 0 Å². The molecule has 1 aliphatic rings. The van der Waals surface area contributed by atoms with Gasteiger partial charge >= 0.3 is 0 Å². The Labute approximate surface area is 204 Å². The summed E-state index contributed by atoms with van der Waals surface area (Å²) in [4.78, 5) is 26.0. The van der Waals surface area contributed by atoms with E-state index in [1.807, 2.05) is 44.2 Å². The normalized spacial score (nSPS) is 14.2. The quantitative estimate of drug-likeness (QED) is 0.569. The molecule has 3 aromatic rings. The van der Waals surface area contributed by atoms with Crippen molar-refractivity contribution in [3.05, 3.63) is 70.5 Å². The molecule has 0 saturated carbocycles. The zero-order valence-electron chi connectivity index (χ0n) is 19.2. The molecule has 1 N–H and O–H groups in total. The molecule has 1 fully saturated rings. The number of hydrogen-bond acceptors (Lipinski definition) is 7. The molecule has 4 rings (SSSR count). The maximum Gasteiger partial charge on any atom is 0.255 e. The molecular weight excluding hydrogens is 474 g/mol. The van der Waals surface area contributed by atoms with Crippen LogP contribution in [0, 0.1) is 13.8 Å². The first-order chi connectivity index (χ1) is 16.1. The third-order valence-corrected chi connectivity index (χ3v) is 7.06. The molecule has 0 bridgehead atoms. The highest BCUT2D eigenvalue weighted by Crippen LogP contribution is 2.25. The highest BCUT2D eigenvalue weighted by atomic mass is 35.5. The molecule has 178 valence electrons. The number of halogens is 1. The van der Waals surface area contributed by atoms with Gasteiger partial charge in [0.15, 0.2) is 9.84 Å². The van der Waals surface area contributed by atoms with Crippen LogP contribution in [0.15, 0.2) is 53.4 Å². The van der Waals surface area contributed by atoms with E-state index < -0.39 is 9.84 Å². The molecule has 2 aromatic carbocycles. The molecule has 0 spiro atoms. The number of sulfone groups is 1. The van der Waals surface area contributed by atoms with E-state index in [9.17, 15) is 13.2 Å². The Hall–Kier alpha value is -3.17. The van der Waals surface area contributed by atoms with Crippen molar-refractivity contribution in [3.8, 4) is 0 Å². The highest BCUT2D eigenvalue weighted by Gasteiger charge is 2.25. The van der Waals surface area contributed by atoms with Crippen LogP contribution in [0.1, 0.15) is 21.7 Å². The minimum Gasteiger partial charge on any atom is -0.353 e. The van der Waals surface area contributed by atoms with Crippen LogP contribution in [-0.2, 0) is 9.84 Å². The molecule has 0 unspecified atom stereocenters. The monoisotopic (exact) mass is 499 g/mol. The summed E-state index contributed by atoms with van der Waals surface area (Å²) in [6.07, 6.45) is 1.11. The summed E-state index contributed by atoms with van der Waals surface area (Å²) >= 11 is 6.24. The van der Waals surface area contributed by atoms with E-state index in [1.54, 1.807) is 4.90 Å². The Morgan fingerprint density at radius 1 is 0.971 bits per heavy atom. The molecule has 8 nitrogen and oxygen atoms in total. The molecule has 0 aliphatic carbocycles. The fourth-order valence-electron chi connectivity index (χ4n) is 3.77. The lowest BCUT2D eigenvalue weighted by Crippen LogP contribution is -2.49. The second-order valence-electron chi connectivity index (χ2n) is 8.34. The van der Waals surface area contributed by atoms with Crippen LogP contribution in [-0.4, -0.2) is 61.6 Å². The van der Waals surface area contributed by atoms with Crippen LogP contribution in [0.2, 0.25) is 5.02 Å². The predicted molar refractivity (Wildman–Crippen MR) is 134 cm³/mol. The zero-order chi connectivity index (χ0) is 24.5. The fourth-order valence-corrected chi connectivity index (χ4v) is 4.74. The molecule has 10 heteroatoms. The van der Waals surface area contributed by atoms with Crippen molar-refractivity contribution >= 4 is 44.7 Å². The van der Waals surface area contributed by atoms with E-state index in [1.165, 1.54) is 23.8 Å². The van der Waals surface area contributed by atoms with E-state index in [4.69, 9.17) is 11.6 Å². The Kier molecular flexibility index (Phi) is 6.77. The third kappa shape index (κ3) is 5.48. The van der Waals surface area contributed by atoms with Crippen molar-refractivity contribution in [3.63, 3.8) is 0 Å². The number of amides is 1. The number of rotatable bonds is 5. The predicted octanol–water partition coefficient (Wildman–Crippen LogP) is 3.86. The van der Waals surface area contributed by atoms with Gasteiger partial charge in [-0.3, -0.25) is 4.79 Å². The molecule has 1 aromatic heterocycles. The molecule has 1 aliphatic heterocycles. The second kappa shape index (κ2) is 9.60. The van der Waals surface area contributed by atoms with Gasteiger partial charge in [-0.25, -0.2) is 18.4 Å². The molecular formula is C24H26ClN5O3S. The maximum absolute atomic E-state index is 13.0. The van der Waals surface area contributed by atoms with Crippen LogP contribution in [0.3, 0.4) is 0 Å². The number of piperazine rings is 1. The minimum absolute atomic E-state index is 0.0908. The molecule has 0 radical (unpaired) electrons. The first-order valence-corrected chi connectivity index (χ1v) is 13.1. The average Bonchev–Trinajstić information content (AvgIpc) is 2.79. The summed E-state index contributed by atoms with van der Waals surface area (Å²) in [5.74, 6) is 1.95. The smallest absolute Gasteiger partial charge is 0.255 e. The summed E-state index contributed by atoms with van der Waals surface area (Å²) in [5.41, 5.74) is 2.43. The highest BCUT2D eigenvalue weighted by molar-refractivity contribution is 7.90. The molecule has 0 atom stereocenters. The number of nitrogens with zero attached hydrogens (tertiary/aromatic N) is 4. The van der Waals surface area contributed by atoms with Crippen LogP contribution in [0.4, 0.5) is 17.3 Å². The summed E-state index contributed by atoms with van der Waals surface area (Å²) in [6, 6.07) is 14.2. The summed E-state index contributed by atoms with van der Waals surface area (Å²) in [6.45, 7) is 6.08. The number of carbonyl (C=O) groups is 1. The van der Waals surface area contributed by atoms with Gasteiger partial charge in [-0.1, -0.05) is 29.3 Å². The molecule has 1 saturated heterocycles. The van der Waals surface area contributed by atoms with Crippen LogP contribution < -0.4 is 10.2 Å². The lowest BCUT2D eigenvalue weighted by molar-refractivity contribution is 0.0746. The van der Waals surface area contributed by atoms with Gasteiger partial charge in [0.25, 0.3) is 5.91 Å². The maximum atomic E-state index is 13.0. The second-order valence-corrected chi connectivity index (χ2v) is 10.8. The van der Waals surface area contributed by atoms with E-state index in [2.05, 4.69) is 20.2 Å². The van der Waals surface area contributed by atoms with Crippen LogP contribution >= 0.6 is 11.6 Å². The van der Waals surface area contributed by atoms with Gasteiger partial charge in [0, 0.05) is 44.2 Å². The molecule has 34 heavy (non-hydrogen) atoms. The number of aromatic nitrogens is 2. The number of hydrogen-bond donors (Lipinski definition) is 1. The van der Waals surface area contributed by atoms with Crippen molar-refractivity contribution in [1.29, 1.82) is 0 Å². The van der Waals surface area contributed by atoms with Crippen molar-refractivity contribution in [2.75, 3.05) is 42.7 Å². The van der Waals surface area contributed by atoms with Gasteiger partial charge in [0.1, 0.15) is 17.5 Å². The number of aryl methyl sites for hydroxylation is 2. The van der Waals surface area contributed by atoms with Crippen molar-refractivity contribution in [1.82, 2.24) is 14.9 Å².